The second kappa shape index (κ2) is 6.06. The number of ether oxygens (including phenoxy) is 1. The van der Waals surface area contributed by atoms with E-state index >= 15 is 0 Å². The molecule has 6 heteroatoms. The monoisotopic (exact) mass is 380 g/mol. The lowest BCUT2D eigenvalue weighted by molar-refractivity contribution is -0.120. The first-order valence-corrected chi connectivity index (χ1v) is 9.64. The number of likely N-dealkylation sites (N-methyl/N-ethyl adjacent to an activating group) is 1. The second-order valence-electron chi connectivity index (χ2n) is 7.94. The number of nitrogens with zero attached hydrogens (tertiary/aromatic N) is 2. The predicted molar refractivity (Wildman–Crippen MR) is 104 cm³/mol. The molecule has 2 aromatic rings. The van der Waals surface area contributed by atoms with Crippen LogP contribution in [0.5, 0.6) is 5.75 Å². The molecule has 0 atom stereocenters. The molecule has 28 heavy (non-hydrogen) atoms. The fourth-order valence-electron chi connectivity index (χ4n) is 4.93. The van der Waals surface area contributed by atoms with Crippen LogP contribution >= 0.6 is 0 Å². The van der Waals surface area contributed by atoms with E-state index in [0.29, 0.717) is 34.8 Å². The third kappa shape index (κ3) is 2.37. The van der Waals surface area contributed by atoms with Crippen LogP contribution in [-0.2, 0) is 10.2 Å². The van der Waals surface area contributed by atoms with E-state index in [1.807, 2.05) is 6.07 Å². The molecule has 2 heterocycles. The van der Waals surface area contributed by atoms with Crippen LogP contribution in [0.3, 0.4) is 0 Å². The van der Waals surface area contributed by atoms with Crippen LogP contribution in [0, 0.1) is 5.82 Å². The number of rotatable bonds is 1. The van der Waals surface area contributed by atoms with Gasteiger partial charge in [-0.1, -0.05) is 18.9 Å². The number of anilines is 2. The van der Waals surface area contributed by atoms with Gasteiger partial charge in [0, 0.05) is 30.1 Å². The first-order valence-electron chi connectivity index (χ1n) is 9.64. The van der Waals surface area contributed by atoms with E-state index in [1.165, 1.54) is 11.0 Å². The predicted octanol–water partition coefficient (Wildman–Crippen LogP) is 3.65. The van der Waals surface area contributed by atoms with Crippen molar-refractivity contribution in [2.75, 3.05) is 30.0 Å². The summed E-state index contributed by atoms with van der Waals surface area (Å²) in [5.41, 5.74) is 2.13. The average Bonchev–Trinajstić information content (AvgIpc) is 3.30. The van der Waals surface area contributed by atoms with Crippen LogP contribution in [0.15, 0.2) is 36.4 Å². The molecule has 1 aliphatic carbocycles. The van der Waals surface area contributed by atoms with Gasteiger partial charge in [0.2, 0.25) is 0 Å². The Hall–Kier alpha value is -2.89. The minimum Gasteiger partial charge on any atom is -0.482 e. The third-order valence-electron chi connectivity index (χ3n) is 6.37. The zero-order valence-corrected chi connectivity index (χ0v) is 15.7. The van der Waals surface area contributed by atoms with Crippen LogP contribution in [0.1, 0.15) is 41.6 Å². The number of hydrogen-bond donors (Lipinski definition) is 0. The van der Waals surface area contributed by atoms with Gasteiger partial charge in [-0.15, -0.1) is 0 Å². The zero-order valence-electron chi connectivity index (χ0n) is 15.7. The molecule has 1 saturated carbocycles. The summed E-state index contributed by atoms with van der Waals surface area (Å²) in [6.07, 6.45) is 3.91. The molecule has 0 aromatic heterocycles. The lowest BCUT2D eigenvalue weighted by atomic mass is 9.80. The van der Waals surface area contributed by atoms with E-state index < -0.39 is 0 Å². The quantitative estimate of drug-likeness (QED) is 0.759. The van der Waals surface area contributed by atoms with Crippen molar-refractivity contribution < 1.29 is 18.7 Å². The summed E-state index contributed by atoms with van der Waals surface area (Å²) >= 11 is 0. The molecule has 1 fully saturated rings. The van der Waals surface area contributed by atoms with Gasteiger partial charge in [-0.25, -0.2) is 4.39 Å². The normalized spacial score (nSPS) is 19.6. The van der Waals surface area contributed by atoms with Gasteiger partial charge in [-0.3, -0.25) is 9.59 Å². The molecule has 3 aliphatic rings. The fraction of sp³-hybridized carbons (Fsp3) is 0.364. The van der Waals surface area contributed by atoms with E-state index in [9.17, 15) is 14.0 Å². The molecule has 0 bridgehead atoms. The summed E-state index contributed by atoms with van der Waals surface area (Å²) in [5, 5.41) is 0. The highest BCUT2D eigenvalue weighted by molar-refractivity contribution is 6.09. The van der Waals surface area contributed by atoms with E-state index in [-0.39, 0.29) is 29.7 Å². The maximum Gasteiger partial charge on any atom is 0.264 e. The van der Waals surface area contributed by atoms with Crippen LogP contribution in [0.25, 0.3) is 0 Å². The van der Waals surface area contributed by atoms with Crippen molar-refractivity contribution in [1.29, 1.82) is 0 Å². The highest BCUT2D eigenvalue weighted by Gasteiger charge is 2.48. The van der Waals surface area contributed by atoms with Crippen LogP contribution in [-0.4, -0.2) is 32.0 Å². The molecule has 2 aromatic carbocycles. The van der Waals surface area contributed by atoms with Gasteiger partial charge >= 0.3 is 0 Å². The smallest absolute Gasteiger partial charge is 0.264 e. The third-order valence-corrected chi connectivity index (χ3v) is 6.37. The number of carbonyl (C=O) groups is 2. The van der Waals surface area contributed by atoms with Gasteiger partial charge in [0.15, 0.2) is 6.61 Å². The summed E-state index contributed by atoms with van der Waals surface area (Å²) in [6.45, 7) is 0.503. The summed E-state index contributed by atoms with van der Waals surface area (Å²) in [4.78, 5) is 28.5. The molecular weight excluding hydrogens is 359 g/mol. The van der Waals surface area contributed by atoms with Gasteiger partial charge in [0.25, 0.3) is 11.8 Å². The van der Waals surface area contributed by atoms with Crippen molar-refractivity contribution in [2.45, 2.75) is 31.1 Å². The Balaban J connectivity index is 1.55. The van der Waals surface area contributed by atoms with Gasteiger partial charge in [0.1, 0.15) is 11.6 Å². The molecule has 0 saturated heterocycles. The summed E-state index contributed by atoms with van der Waals surface area (Å²) < 4.78 is 20.2. The highest BCUT2D eigenvalue weighted by atomic mass is 19.1. The largest absolute Gasteiger partial charge is 0.482 e. The lowest BCUT2D eigenvalue weighted by Gasteiger charge is -2.27. The maximum atomic E-state index is 14.7. The molecule has 2 aliphatic heterocycles. The number of fused-ring (bicyclic) bond motifs is 3. The molecule has 144 valence electrons. The van der Waals surface area contributed by atoms with Crippen molar-refractivity contribution in [1.82, 2.24) is 0 Å². The maximum absolute atomic E-state index is 14.7. The number of benzene rings is 2. The molecule has 0 radical (unpaired) electrons. The van der Waals surface area contributed by atoms with Crippen molar-refractivity contribution in [3.8, 4) is 5.75 Å². The Kier molecular flexibility index (Phi) is 3.73. The van der Waals surface area contributed by atoms with Gasteiger partial charge in [0.05, 0.1) is 11.4 Å². The number of halogens is 1. The summed E-state index contributed by atoms with van der Waals surface area (Å²) in [6, 6.07) is 10.1. The lowest BCUT2D eigenvalue weighted by Crippen LogP contribution is -2.37. The van der Waals surface area contributed by atoms with E-state index in [2.05, 4.69) is 0 Å². The minimum atomic E-state index is -0.277. The summed E-state index contributed by atoms with van der Waals surface area (Å²) in [7, 11) is 1.67. The number of amides is 2. The molecule has 0 N–H and O–H groups in total. The average molecular weight is 380 g/mol. The molecule has 5 nitrogen and oxygen atoms in total. The Labute approximate surface area is 162 Å². The highest BCUT2D eigenvalue weighted by Crippen LogP contribution is 2.51. The van der Waals surface area contributed by atoms with Crippen molar-refractivity contribution in [3.05, 3.63) is 53.3 Å². The first kappa shape index (κ1) is 17.2. The van der Waals surface area contributed by atoms with Crippen molar-refractivity contribution in [2.24, 2.45) is 0 Å². The molecule has 2 amide bonds. The fourth-order valence-corrected chi connectivity index (χ4v) is 4.93. The minimum absolute atomic E-state index is 0.00189. The van der Waals surface area contributed by atoms with Crippen LogP contribution < -0.4 is 14.5 Å². The Morgan fingerprint density at radius 2 is 1.93 bits per heavy atom. The summed E-state index contributed by atoms with van der Waals surface area (Å²) in [5.74, 6) is 0.0260. The first-order chi connectivity index (χ1) is 13.5. The second-order valence-corrected chi connectivity index (χ2v) is 7.94. The molecule has 0 unspecified atom stereocenters. The zero-order chi connectivity index (χ0) is 19.5. The number of carbonyl (C=O) groups excluding carboxylic acids is 2. The molecular formula is C22H21FN2O3. The Morgan fingerprint density at radius 3 is 2.71 bits per heavy atom. The SMILES string of the molecule is CN1C(=O)COc2ccc(C(=O)N3CC4(CCCC4)c4c(F)cccc43)cc21. The van der Waals surface area contributed by atoms with Crippen LogP contribution in [0.2, 0.25) is 0 Å². The van der Waals surface area contributed by atoms with Gasteiger partial charge < -0.3 is 14.5 Å². The standard InChI is InChI=1S/C22H21FN2O3/c1-24-17-11-14(7-8-18(17)28-12-19(24)26)21(27)25-13-22(9-2-3-10-22)20-15(23)5-4-6-16(20)25/h4-8,11H,2-3,9-10,12-13H2,1H3. The topological polar surface area (TPSA) is 49.9 Å². The Bertz CT molecular complexity index is 997. The molecule has 5 rings (SSSR count). The van der Waals surface area contributed by atoms with E-state index in [0.717, 1.165) is 25.7 Å². The van der Waals surface area contributed by atoms with Crippen molar-refractivity contribution in [3.63, 3.8) is 0 Å². The van der Waals surface area contributed by atoms with Gasteiger partial charge in [-0.05, 0) is 43.2 Å². The number of hydrogen-bond acceptors (Lipinski definition) is 3. The van der Waals surface area contributed by atoms with Crippen LogP contribution in [0.4, 0.5) is 15.8 Å². The molecule has 1 spiro atoms. The van der Waals surface area contributed by atoms with E-state index in [4.69, 9.17) is 4.74 Å². The van der Waals surface area contributed by atoms with Gasteiger partial charge in [-0.2, -0.15) is 0 Å². The van der Waals surface area contributed by atoms with Crippen molar-refractivity contribution >= 4 is 23.2 Å². The van der Waals surface area contributed by atoms with E-state index in [1.54, 1.807) is 36.2 Å². The Morgan fingerprint density at radius 1 is 1.14 bits per heavy atom.